The van der Waals surface area contributed by atoms with E-state index in [1.165, 1.54) is 0 Å². The van der Waals surface area contributed by atoms with Crippen molar-refractivity contribution in [2.45, 2.75) is 39.4 Å². The van der Waals surface area contributed by atoms with Crippen molar-refractivity contribution in [3.8, 4) is 5.75 Å². The van der Waals surface area contributed by atoms with Crippen molar-refractivity contribution < 1.29 is 14.4 Å². The maximum atomic E-state index is 9.40. The second kappa shape index (κ2) is 5.84. The number of ether oxygens (including phenoxy) is 1. The van der Waals surface area contributed by atoms with E-state index in [1.54, 1.807) is 6.92 Å². The predicted molar refractivity (Wildman–Crippen MR) is 69.8 cm³/mol. The van der Waals surface area contributed by atoms with Gasteiger partial charge in [-0.2, -0.15) is 4.98 Å². The molecule has 0 unspecified atom stereocenters. The summed E-state index contributed by atoms with van der Waals surface area (Å²) < 4.78 is 10.6. The molecule has 1 N–H and O–H groups in total. The van der Waals surface area contributed by atoms with Gasteiger partial charge < -0.3 is 14.4 Å². The molecule has 2 aromatic rings. The largest absolute Gasteiger partial charge is 0.485 e. The van der Waals surface area contributed by atoms with Gasteiger partial charge in [-0.3, -0.25) is 0 Å². The van der Waals surface area contributed by atoms with E-state index in [0.29, 0.717) is 17.5 Å². The van der Waals surface area contributed by atoms with Gasteiger partial charge in [-0.1, -0.05) is 31.1 Å². The molecule has 0 saturated heterocycles. The standard InChI is InChI=1S/C14H18N2O3/c1-9(2)14-15-13(16-19-14)8-18-12-6-4-11(5-7-12)10(3)17/h4-7,9-10,17H,8H2,1-3H3/t10-/m1/s1. The minimum absolute atomic E-state index is 0.214. The van der Waals surface area contributed by atoms with Gasteiger partial charge >= 0.3 is 0 Å². The Labute approximate surface area is 112 Å². The lowest BCUT2D eigenvalue weighted by Crippen LogP contribution is -1.98. The van der Waals surface area contributed by atoms with Crippen molar-refractivity contribution in [2.75, 3.05) is 0 Å². The highest BCUT2D eigenvalue weighted by atomic mass is 16.5. The Balaban J connectivity index is 1.94. The summed E-state index contributed by atoms with van der Waals surface area (Å²) in [6, 6.07) is 7.28. The van der Waals surface area contributed by atoms with Crippen molar-refractivity contribution in [3.05, 3.63) is 41.5 Å². The SMILES string of the molecule is CC(C)c1nc(COc2ccc([C@@H](C)O)cc2)no1. The highest BCUT2D eigenvalue weighted by Crippen LogP contribution is 2.18. The van der Waals surface area contributed by atoms with Crippen molar-refractivity contribution in [1.82, 2.24) is 10.1 Å². The summed E-state index contributed by atoms with van der Waals surface area (Å²) in [6.07, 6.45) is -0.472. The number of aliphatic hydroxyl groups excluding tert-OH is 1. The number of aliphatic hydroxyl groups is 1. The van der Waals surface area contributed by atoms with Crippen LogP contribution in [-0.2, 0) is 6.61 Å². The molecular weight excluding hydrogens is 244 g/mol. The van der Waals surface area contributed by atoms with Crippen LogP contribution in [0, 0.1) is 0 Å². The fourth-order valence-electron chi connectivity index (χ4n) is 1.55. The number of benzene rings is 1. The van der Waals surface area contributed by atoms with E-state index >= 15 is 0 Å². The van der Waals surface area contributed by atoms with E-state index in [9.17, 15) is 5.11 Å². The Morgan fingerprint density at radius 2 is 1.89 bits per heavy atom. The van der Waals surface area contributed by atoms with Crippen LogP contribution >= 0.6 is 0 Å². The Morgan fingerprint density at radius 3 is 2.42 bits per heavy atom. The van der Waals surface area contributed by atoms with Gasteiger partial charge in [0.05, 0.1) is 6.10 Å². The zero-order valence-electron chi connectivity index (χ0n) is 11.3. The van der Waals surface area contributed by atoms with E-state index in [4.69, 9.17) is 9.26 Å². The van der Waals surface area contributed by atoms with Crippen LogP contribution in [0.5, 0.6) is 5.75 Å². The molecule has 0 spiro atoms. The summed E-state index contributed by atoms with van der Waals surface area (Å²) >= 11 is 0. The Bertz CT molecular complexity index is 518. The Hall–Kier alpha value is -1.88. The summed E-state index contributed by atoms with van der Waals surface area (Å²) in [5.41, 5.74) is 0.856. The van der Waals surface area contributed by atoms with Gasteiger partial charge in [-0.25, -0.2) is 0 Å². The summed E-state index contributed by atoms with van der Waals surface area (Å²) in [5.74, 6) is 2.07. The zero-order valence-corrected chi connectivity index (χ0v) is 11.3. The molecule has 2 rings (SSSR count). The van der Waals surface area contributed by atoms with E-state index in [2.05, 4.69) is 10.1 Å². The fraction of sp³-hybridized carbons (Fsp3) is 0.429. The third-order valence-electron chi connectivity index (χ3n) is 2.71. The first-order valence-corrected chi connectivity index (χ1v) is 6.29. The molecule has 0 saturated carbocycles. The first-order valence-electron chi connectivity index (χ1n) is 6.29. The van der Waals surface area contributed by atoms with Gasteiger partial charge in [0.2, 0.25) is 11.7 Å². The lowest BCUT2D eigenvalue weighted by molar-refractivity contribution is 0.199. The number of nitrogens with zero attached hydrogens (tertiary/aromatic N) is 2. The van der Waals surface area contributed by atoms with Crippen molar-refractivity contribution in [2.24, 2.45) is 0 Å². The topological polar surface area (TPSA) is 68.4 Å². The molecular formula is C14H18N2O3. The number of hydrogen-bond acceptors (Lipinski definition) is 5. The van der Waals surface area contributed by atoms with Crippen LogP contribution in [0.1, 0.15) is 50.1 Å². The molecule has 5 nitrogen and oxygen atoms in total. The van der Waals surface area contributed by atoms with Crippen LogP contribution in [0.15, 0.2) is 28.8 Å². The van der Waals surface area contributed by atoms with Crippen LogP contribution < -0.4 is 4.74 Å². The molecule has 0 radical (unpaired) electrons. The molecule has 1 atom stereocenters. The molecule has 0 aliphatic heterocycles. The molecule has 102 valence electrons. The van der Waals surface area contributed by atoms with Crippen LogP contribution in [0.3, 0.4) is 0 Å². The van der Waals surface area contributed by atoms with E-state index in [-0.39, 0.29) is 12.5 Å². The first-order chi connectivity index (χ1) is 9.06. The first kappa shape index (κ1) is 13.5. The van der Waals surface area contributed by atoms with Gasteiger partial charge in [-0.05, 0) is 24.6 Å². The van der Waals surface area contributed by atoms with Gasteiger partial charge in [0.1, 0.15) is 5.75 Å². The predicted octanol–water partition coefficient (Wildman–Crippen LogP) is 2.83. The third-order valence-corrected chi connectivity index (χ3v) is 2.71. The van der Waals surface area contributed by atoms with Gasteiger partial charge in [0.15, 0.2) is 6.61 Å². The molecule has 0 fully saturated rings. The van der Waals surface area contributed by atoms with Crippen molar-refractivity contribution in [1.29, 1.82) is 0 Å². The molecule has 0 amide bonds. The molecule has 0 aliphatic rings. The average molecular weight is 262 g/mol. The Kier molecular flexibility index (Phi) is 4.16. The highest BCUT2D eigenvalue weighted by molar-refractivity contribution is 5.28. The number of hydrogen-bond donors (Lipinski definition) is 1. The second-order valence-corrected chi connectivity index (χ2v) is 4.74. The van der Waals surface area contributed by atoms with Crippen LogP contribution in [0.25, 0.3) is 0 Å². The average Bonchev–Trinajstić information content (AvgIpc) is 2.86. The van der Waals surface area contributed by atoms with Crippen molar-refractivity contribution >= 4 is 0 Å². The summed E-state index contributed by atoms with van der Waals surface area (Å²) in [6.45, 7) is 5.98. The van der Waals surface area contributed by atoms with Crippen molar-refractivity contribution in [3.63, 3.8) is 0 Å². The molecule has 19 heavy (non-hydrogen) atoms. The van der Waals surface area contributed by atoms with Crippen LogP contribution in [0.2, 0.25) is 0 Å². The summed E-state index contributed by atoms with van der Waals surface area (Å²) in [7, 11) is 0. The smallest absolute Gasteiger partial charge is 0.229 e. The highest BCUT2D eigenvalue weighted by Gasteiger charge is 2.10. The molecule has 1 aromatic heterocycles. The molecule has 5 heteroatoms. The summed E-state index contributed by atoms with van der Waals surface area (Å²) in [4.78, 5) is 4.23. The Morgan fingerprint density at radius 1 is 1.21 bits per heavy atom. The minimum atomic E-state index is -0.472. The van der Waals surface area contributed by atoms with Crippen LogP contribution in [-0.4, -0.2) is 15.2 Å². The lowest BCUT2D eigenvalue weighted by Gasteiger charge is -2.06. The maximum Gasteiger partial charge on any atom is 0.229 e. The quantitative estimate of drug-likeness (QED) is 0.897. The maximum absolute atomic E-state index is 9.40. The molecule has 0 bridgehead atoms. The van der Waals surface area contributed by atoms with E-state index < -0.39 is 6.10 Å². The number of aromatic nitrogens is 2. The summed E-state index contributed by atoms with van der Waals surface area (Å²) in [5, 5.41) is 13.3. The monoisotopic (exact) mass is 262 g/mol. The molecule has 1 aromatic carbocycles. The van der Waals surface area contributed by atoms with Crippen LogP contribution in [0.4, 0.5) is 0 Å². The molecule has 0 aliphatic carbocycles. The van der Waals surface area contributed by atoms with E-state index in [1.807, 2.05) is 38.1 Å². The number of rotatable bonds is 5. The molecule has 1 heterocycles. The second-order valence-electron chi connectivity index (χ2n) is 4.74. The van der Waals surface area contributed by atoms with E-state index in [0.717, 1.165) is 5.56 Å². The minimum Gasteiger partial charge on any atom is -0.485 e. The third kappa shape index (κ3) is 3.54. The van der Waals surface area contributed by atoms with Gasteiger partial charge in [0.25, 0.3) is 0 Å². The van der Waals surface area contributed by atoms with Gasteiger partial charge in [-0.15, -0.1) is 0 Å². The normalized spacial score (nSPS) is 12.7. The van der Waals surface area contributed by atoms with Gasteiger partial charge in [0, 0.05) is 5.92 Å². The fourth-order valence-corrected chi connectivity index (χ4v) is 1.55. The lowest BCUT2D eigenvalue weighted by atomic mass is 10.1. The zero-order chi connectivity index (χ0) is 13.8.